The van der Waals surface area contributed by atoms with E-state index in [1.807, 2.05) is 0 Å². The minimum absolute atomic E-state index is 0.0292. The summed E-state index contributed by atoms with van der Waals surface area (Å²) >= 11 is 0. The maximum Gasteiger partial charge on any atom is 0.414 e. The van der Waals surface area contributed by atoms with Crippen molar-refractivity contribution in [3.05, 3.63) is 53.4 Å². The van der Waals surface area contributed by atoms with E-state index in [4.69, 9.17) is 15.2 Å². The van der Waals surface area contributed by atoms with Crippen LogP contribution in [0.15, 0.2) is 30.5 Å². The summed E-state index contributed by atoms with van der Waals surface area (Å²) in [5.74, 6) is -7.83. The van der Waals surface area contributed by atoms with Crippen molar-refractivity contribution in [2.45, 2.75) is 31.2 Å². The second-order valence-electron chi connectivity index (χ2n) is 7.17. The molecule has 2 amide bonds. The van der Waals surface area contributed by atoms with Crippen LogP contribution in [0.3, 0.4) is 0 Å². The molecule has 1 aliphatic rings. The van der Waals surface area contributed by atoms with Gasteiger partial charge in [-0.1, -0.05) is 13.0 Å². The first-order valence-electron chi connectivity index (χ1n) is 9.26. The molecule has 4 atom stereocenters. The second-order valence-corrected chi connectivity index (χ2v) is 7.17. The maximum atomic E-state index is 14.3. The van der Waals surface area contributed by atoms with Gasteiger partial charge in [-0.2, -0.15) is 17.6 Å². The molecule has 3 N–H and O–H groups in total. The van der Waals surface area contributed by atoms with Crippen molar-refractivity contribution in [2.24, 2.45) is 11.7 Å². The van der Waals surface area contributed by atoms with Crippen molar-refractivity contribution >= 4 is 17.5 Å². The minimum Gasteiger partial charge on any atom is -0.493 e. The summed E-state index contributed by atoms with van der Waals surface area (Å²) in [7, 11) is 1.03. The third kappa shape index (κ3) is 4.35. The summed E-state index contributed by atoms with van der Waals surface area (Å²) in [5, 5.41) is 2.35. The highest BCUT2D eigenvalue weighted by Crippen LogP contribution is 2.49. The summed E-state index contributed by atoms with van der Waals surface area (Å²) in [6.45, 7) is 1.19. The Labute approximate surface area is 178 Å². The summed E-state index contributed by atoms with van der Waals surface area (Å²) in [6.07, 6.45) is -7.74. The largest absolute Gasteiger partial charge is 0.493 e. The van der Waals surface area contributed by atoms with E-state index in [2.05, 4.69) is 10.3 Å². The Bertz CT molecular complexity index is 1050. The van der Waals surface area contributed by atoms with Crippen LogP contribution in [0.5, 0.6) is 5.75 Å². The van der Waals surface area contributed by atoms with Crippen molar-refractivity contribution in [3.8, 4) is 5.75 Å². The number of hydrogen-bond acceptors (Lipinski definition) is 5. The number of anilines is 1. The molecule has 0 saturated carbocycles. The van der Waals surface area contributed by atoms with E-state index >= 15 is 0 Å². The molecule has 1 saturated heterocycles. The van der Waals surface area contributed by atoms with Crippen molar-refractivity contribution in [1.29, 1.82) is 0 Å². The number of benzene rings is 1. The van der Waals surface area contributed by atoms with Gasteiger partial charge < -0.3 is 20.5 Å². The van der Waals surface area contributed by atoms with Crippen molar-refractivity contribution in [2.75, 3.05) is 12.4 Å². The molecule has 0 radical (unpaired) electrons. The molecule has 1 fully saturated rings. The number of halogens is 5. The number of carbonyl (C=O) groups is 2. The molecule has 1 aromatic heterocycles. The number of alkyl halides is 3. The SMILES string of the molecule is COc1c([C@H]2[C@@H](C)[C@@H](C(F)(F)F)O[C@H]2C(=O)Nc2ccnc(C(N)=O)c2)ccc(F)c1F. The van der Waals surface area contributed by atoms with E-state index in [9.17, 15) is 31.5 Å². The average Bonchev–Trinajstić information content (AvgIpc) is 3.07. The number of rotatable bonds is 5. The van der Waals surface area contributed by atoms with Crippen LogP contribution in [0, 0.1) is 17.6 Å². The van der Waals surface area contributed by atoms with Crippen LogP contribution in [-0.4, -0.2) is 42.3 Å². The standard InChI is InChI=1S/C20H18F5N3O4/c1-8-13(10-3-4-11(21)14(22)15(10)31-2)16(32-17(8)20(23,24)25)19(30)28-9-5-6-27-12(7-9)18(26)29/h3-8,13,16-17H,1-2H3,(H2,26,29)(H,27,28,30)/t8-,13-,16-,17+/m1/s1. The number of carbonyl (C=O) groups excluding carboxylic acids is 2. The molecule has 172 valence electrons. The molecular formula is C20H18F5N3O4. The Morgan fingerprint density at radius 3 is 2.50 bits per heavy atom. The van der Waals surface area contributed by atoms with Gasteiger partial charge in [-0.25, -0.2) is 4.39 Å². The number of methoxy groups -OCH3 is 1. The van der Waals surface area contributed by atoms with Crippen molar-refractivity contribution in [1.82, 2.24) is 4.98 Å². The average molecular weight is 459 g/mol. The van der Waals surface area contributed by atoms with Gasteiger partial charge in [0.05, 0.1) is 7.11 Å². The second kappa shape index (κ2) is 8.69. The van der Waals surface area contributed by atoms with E-state index < -0.39 is 59.4 Å². The molecule has 2 heterocycles. The van der Waals surface area contributed by atoms with E-state index in [1.54, 1.807) is 0 Å². The van der Waals surface area contributed by atoms with Gasteiger partial charge in [0.1, 0.15) is 11.8 Å². The summed E-state index contributed by atoms with van der Waals surface area (Å²) in [4.78, 5) is 27.9. The van der Waals surface area contributed by atoms with Crippen LogP contribution in [0.25, 0.3) is 0 Å². The molecule has 1 aliphatic heterocycles. The third-order valence-electron chi connectivity index (χ3n) is 5.17. The highest BCUT2D eigenvalue weighted by Gasteiger charge is 2.57. The zero-order valence-corrected chi connectivity index (χ0v) is 16.7. The first kappa shape index (κ1) is 23.4. The molecule has 0 spiro atoms. The van der Waals surface area contributed by atoms with Gasteiger partial charge in [0, 0.05) is 29.3 Å². The normalized spacial score (nSPS) is 23.1. The summed E-state index contributed by atoms with van der Waals surface area (Å²) in [5.41, 5.74) is 4.82. The fourth-order valence-electron chi connectivity index (χ4n) is 3.75. The van der Waals surface area contributed by atoms with Crippen LogP contribution in [0.2, 0.25) is 0 Å². The zero-order valence-electron chi connectivity index (χ0n) is 16.7. The number of primary amides is 1. The highest BCUT2D eigenvalue weighted by molar-refractivity contribution is 5.97. The van der Waals surface area contributed by atoms with Gasteiger partial charge in [-0.15, -0.1) is 0 Å². The number of amides is 2. The fraction of sp³-hybridized carbons (Fsp3) is 0.350. The lowest BCUT2D eigenvalue weighted by Crippen LogP contribution is -2.35. The molecule has 7 nitrogen and oxygen atoms in total. The number of ether oxygens (including phenoxy) is 2. The highest BCUT2D eigenvalue weighted by atomic mass is 19.4. The Morgan fingerprint density at radius 2 is 1.91 bits per heavy atom. The van der Waals surface area contributed by atoms with Crippen LogP contribution in [-0.2, 0) is 9.53 Å². The predicted molar refractivity (Wildman–Crippen MR) is 101 cm³/mol. The Kier molecular flexibility index (Phi) is 6.35. The molecule has 3 rings (SSSR count). The molecule has 0 bridgehead atoms. The molecular weight excluding hydrogens is 441 g/mol. The van der Waals surface area contributed by atoms with E-state index in [0.717, 1.165) is 25.3 Å². The molecule has 2 aromatic rings. The van der Waals surface area contributed by atoms with Crippen molar-refractivity contribution in [3.63, 3.8) is 0 Å². The Morgan fingerprint density at radius 1 is 1.22 bits per heavy atom. The van der Waals surface area contributed by atoms with Gasteiger partial charge in [-0.3, -0.25) is 14.6 Å². The maximum absolute atomic E-state index is 14.3. The quantitative estimate of drug-likeness (QED) is 0.669. The molecule has 32 heavy (non-hydrogen) atoms. The monoisotopic (exact) mass is 459 g/mol. The number of pyridine rings is 1. The number of hydrogen-bond donors (Lipinski definition) is 2. The van der Waals surface area contributed by atoms with Crippen LogP contribution < -0.4 is 15.8 Å². The van der Waals surface area contributed by atoms with Crippen LogP contribution in [0.4, 0.5) is 27.6 Å². The van der Waals surface area contributed by atoms with E-state index in [0.29, 0.717) is 0 Å². The van der Waals surface area contributed by atoms with E-state index in [1.165, 1.54) is 19.2 Å². The van der Waals surface area contributed by atoms with Gasteiger partial charge in [0.25, 0.3) is 11.8 Å². The molecule has 0 aliphatic carbocycles. The minimum atomic E-state index is -4.83. The zero-order chi connectivity index (χ0) is 23.8. The van der Waals surface area contributed by atoms with Gasteiger partial charge in [0.15, 0.2) is 17.7 Å². The Balaban J connectivity index is 2.02. The first-order valence-corrected chi connectivity index (χ1v) is 9.26. The molecule has 12 heteroatoms. The van der Waals surface area contributed by atoms with Crippen LogP contribution >= 0.6 is 0 Å². The number of nitrogens with two attached hydrogens (primary N) is 1. The molecule has 0 unspecified atom stereocenters. The third-order valence-corrected chi connectivity index (χ3v) is 5.17. The van der Waals surface area contributed by atoms with Crippen LogP contribution in [0.1, 0.15) is 28.9 Å². The predicted octanol–water partition coefficient (Wildman–Crippen LogP) is 3.16. The topological polar surface area (TPSA) is 104 Å². The fourth-order valence-corrected chi connectivity index (χ4v) is 3.75. The van der Waals surface area contributed by atoms with Gasteiger partial charge in [-0.05, 0) is 18.2 Å². The summed E-state index contributed by atoms with van der Waals surface area (Å²) in [6, 6.07) is 4.21. The lowest BCUT2D eigenvalue weighted by Gasteiger charge is -2.24. The van der Waals surface area contributed by atoms with E-state index in [-0.39, 0.29) is 16.9 Å². The smallest absolute Gasteiger partial charge is 0.414 e. The lowest BCUT2D eigenvalue weighted by atomic mass is 9.81. The number of nitrogens with zero attached hydrogens (tertiary/aromatic N) is 1. The number of nitrogens with one attached hydrogen (secondary N) is 1. The van der Waals surface area contributed by atoms with Crippen molar-refractivity contribution < 1.29 is 41.0 Å². The Hall–Kier alpha value is -3.28. The summed E-state index contributed by atoms with van der Waals surface area (Å²) < 4.78 is 78.5. The number of aromatic nitrogens is 1. The van der Waals surface area contributed by atoms with Gasteiger partial charge >= 0.3 is 6.18 Å². The van der Waals surface area contributed by atoms with Gasteiger partial charge in [0.2, 0.25) is 5.82 Å². The first-order chi connectivity index (χ1) is 15.0. The molecule has 1 aromatic carbocycles. The lowest BCUT2D eigenvalue weighted by molar-refractivity contribution is -0.221.